The number of carbonyl (C=O) groups excluding carboxylic acids is 1. The van der Waals surface area contributed by atoms with Crippen LogP contribution in [0.15, 0.2) is 58.5 Å². The topological polar surface area (TPSA) is 102 Å². The van der Waals surface area contributed by atoms with Crippen LogP contribution in [0, 0.1) is 5.82 Å². The molecule has 0 saturated carbocycles. The van der Waals surface area contributed by atoms with Crippen molar-refractivity contribution in [2.75, 3.05) is 0 Å². The van der Waals surface area contributed by atoms with Crippen LogP contribution >= 0.6 is 0 Å². The number of carbonyl (C=O) groups is 1. The number of aryl methyl sites for hydroxylation is 1. The van der Waals surface area contributed by atoms with Crippen LogP contribution in [0.5, 0.6) is 0 Å². The van der Waals surface area contributed by atoms with E-state index in [9.17, 15) is 18.8 Å². The Morgan fingerprint density at radius 1 is 1.23 bits per heavy atom. The summed E-state index contributed by atoms with van der Waals surface area (Å²) in [4.78, 5) is 41.6. The minimum Gasteiger partial charge on any atom is -0.341 e. The van der Waals surface area contributed by atoms with Gasteiger partial charge in [-0.2, -0.15) is 0 Å². The molecule has 2 aromatic heterocycles. The maximum absolute atomic E-state index is 13.2. The summed E-state index contributed by atoms with van der Waals surface area (Å²) in [5.74, 6) is -0.297. The fourth-order valence-corrected chi connectivity index (χ4v) is 2.54. The Balaban J connectivity index is 1.87. The van der Waals surface area contributed by atoms with Gasteiger partial charge in [0, 0.05) is 31.7 Å². The number of rotatable bonds is 5. The number of halogens is 1. The lowest BCUT2D eigenvalue weighted by atomic mass is 10.1. The third-order valence-corrected chi connectivity index (χ3v) is 3.84. The molecule has 134 valence electrons. The van der Waals surface area contributed by atoms with E-state index in [1.807, 2.05) is 0 Å². The summed E-state index contributed by atoms with van der Waals surface area (Å²) >= 11 is 0. The average Bonchev–Trinajstić information content (AvgIpc) is 3.02. The highest BCUT2D eigenvalue weighted by atomic mass is 19.1. The van der Waals surface area contributed by atoms with Gasteiger partial charge in [-0.1, -0.05) is 12.1 Å². The lowest BCUT2D eigenvalue weighted by molar-refractivity contribution is -0.122. The first kappa shape index (κ1) is 17.3. The number of nitrogens with one attached hydrogen (secondary N) is 2. The molecular weight excluding hydrogens is 341 g/mol. The van der Waals surface area contributed by atoms with Gasteiger partial charge in [0.2, 0.25) is 5.91 Å². The summed E-state index contributed by atoms with van der Waals surface area (Å²) in [7, 11) is 1.78. The third kappa shape index (κ3) is 3.77. The minimum atomic E-state index is -0.678. The quantitative estimate of drug-likeness (QED) is 0.686. The van der Waals surface area contributed by atoms with Crippen molar-refractivity contribution in [3.05, 3.63) is 87.0 Å². The second-order valence-corrected chi connectivity index (χ2v) is 5.69. The zero-order chi connectivity index (χ0) is 18.7. The second-order valence-electron chi connectivity index (χ2n) is 5.69. The SMILES string of the molecule is Cn1ccnc1C(NC(=O)Cn1ccc(=O)[nH]c1=O)c1ccc(F)cc1. The molecular formula is C17H16FN5O3. The molecule has 0 bridgehead atoms. The normalized spacial score (nSPS) is 11.9. The Hall–Kier alpha value is -3.49. The molecule has 1 unspecified atom stereocenters. The first-order chi connectivity index (χ1) is 12.4. The van der Waals surface area contributed by atoms with E-state index in [0.29, 0.717) is 11.4 Å². The Bertz CT molecular complexity index is 1040. The van der Waals surface area contributed by atoms with E-state index in [2.05, 4.69) is 15.3 Å². The molecule has 2 N–H and O–H groups in total. The van der Waals surface area contributed by atoms with Crippen molar-refractivity contribution in [1.29, 1.82) is 0 Å². The Labute approximate surface area is 146 Å². The fraction of sp³-hybridized carbons (Fsp3) is 0.176. The van der Waals surface area contributed by atoms with Crippen LogP contribution < -0.4 is 16.6 Å². The molecule has 0 aliphatic rings. The van der Waals surface area contributed by atoms with Gasteiger partial charge in [-0.3, -0.25) is 19.1 Å². The van der Waals surface area contributed by atoms with Gasteiger partial charge < -0.3 is 9.88 Å². The van der Waals surface area contributed by atoms with E-state index in [0.717, 1.165) is 10.6 Å². The van der Waals surface area contributed by atoms with Crippen LogP contribution in [0.4, 0.5) is 4.39 Å². The maximum atomic E-state index is 13.2. The Morgan fingerprint density at radius 3 is 2.58 bits per heavy atom. The van der Waals surface area contributed by atoms with Crippen LogP contribution in [0.1, 0.15) is 17.4 Å². The van der Waals surface area contributed by atoms with Crippen molar-refractivity contribution in [3.63, 3.8) is 0 Å². The molecule has 1 amide bonds. The fourth-order valence-electron chi connectivity index (χ4n) is 2.54. The molecule has 9 heteroatoms. The van der Waals surface area contributed by atoms with Crippen LogP contribution in [-0.4, -0.2) is 25.0 Å². The number of H-pyrrole nitrogens is 1. The smallest absolute Gasteiger partial charge is 0.328 e. The number of hydrogen-bond donors (Lipinski definition) is 2. The summed E-state index contributed by atoms with van der Waals surface area (Å²) in [5, 5.41) is 2.79. The molecule has 3 rings (SSSR count). The molecule has 0 fully saturated rings. The van der Waals surface area contributed by atoms with E-state index in [-0.39, 0.29) is 6.54 Å². The van der Waals surface area contributed by atoms with E-state index in [1.165, 1.54) is 18.3 Å². The predicted octanol–water partition coefficient (Wildman–Crippen LogP) is 0.315. The van der Waals surface area contributed by atoms with Crippen molar-refractivity contribution >= 4 is 5.91 Å². The largest absolute Gasteiger partial charge is 0.341 e. The predicted molar refractivity (Wildman–Crippen MR) is 90.9 cm³/mol. The van der Waals surface area contributed by atoms with Crippen molar-refractivity contribution in [1.82, 2.24) is 24.4 Å². The van der Waals surface area contributed by atoms with Gasteiger partial charge in [-0.05, 0) is 17.7 Å². The number of imidazole rings is 1. The Morgan fingerprint density at radius 2 is 1.96 bits per heavy atom. The number of aromatic amines is 1. The number of hydrogen-bond acceptors (Lipinski definition) is 4. The van der Waals surface area contributed by atoms with Crippen molar-refractivity contribution in [2.45, 2.75) is 12.6 Å². The van der Waals surface area contributed by atoms with E-state index in [1.54, 1.807) is 36.1 Å². The summed E-state index contributed by atoms with van der Waals surface area (Å²) in [6.45, 7) is -0.280. The number of nitrogens with zero attached hydrogens (tertiary/aromatic N) is 3. The Kier molecular flexibility index (Phi) is 4.78. The van der Waals surface area contributed by atoms with E-state index >= 15 is 0 Å². The van der Waals surface area contributed by atoms with Crippen LogP contribution in [0.2, 0.25) is 0 Å². The van der Waals surface area contributed by atoms with Crippen LogP contribution in [0.3, 0.4) is 0 Å². The number of amides is 1. The zero-order valence-electron chi connectivity index (χ0n) is 13.8. The maximum Gasteiger partial charge on any atom is 0.328 e. The van der Waals surface area contributed by atoms with Gasteiger partial charge in [0.15, 0.2) is 0 Å². The highest BCUT2D eigenvalue weighted by Crippen LogP contribution is 2.20. The first-order valence-electron chi connectivity index (χ1n) is 7.76. The first-order valence-corrected chi connectivity index (χ1v) is 7.76. The molecule has 0 radical (unpaired) electrons. The lowest BCUT2D eigenvalue weighted by Crippen LogP contribution is -2.37. The molecule has 8 nitrogen and oxygen atoms in total. The summed E-state index contributed by atoms with van der Waals surface area (Å²) in [6, 6.07) is 6.24. The van der Waals surface area contributed by atoms with E-state index in [4.69, 9.17) is 0 Å². The van der Waals surface area contributed by atoms with Crippen LogP contribution in [-0.2, 0) is 18.4 Å². The van der Waals surface area contributed by atoms with Crippen molar-refractivity contribution < 1.29 is 9.18 Å². The molecule has 1 aromatic carbocycles. The van der Waals surface area contributed by atoms with Crippen molar-refractivity contribution in [2.24, 2.45) is 7.05 Å². The lowest BCUT2D eigenvalue weighted by Gasteiger charge is -2.19. The number of benzene rings is 1. The van der Waals surface area contributed by atoms with Gasteiger partial charge in [-0.25, -0.2) is 14.2 Å². The summed E-state index contributed by atoms with van der Waals surface area (Å²) < 4.78 is 16.0. The molecule has 0 spiro atoms. The second kappa shape index (κ2) is 7.18. The van der Waals surface area contributed by atoms with Gasteiger partial charge in [-0.15, -0.1) is 0 Å². The number of aromatic nitrogens is 4. The zero-order valence-corrected chi connectivity index (χ0v) is 13.8. The van der Waals surface area contributed by atoms with Gasteiger partial charge in [0.25, 0.3) is 5.56 Å². The molecule has 0 saturated heterocycles. The molecule has 0 aliphatic heterocycles. The summed E-state index contributed by atoms with van der Waals surface area (Å²) in [6.07, 6.45) is 4.56. The molecule has 1 atom stereocenters. The van der Waals surface area contributed by atoms with Gasteiger partial charge in [0.1, 0.15) is 24.2 Å². The van der Waals surface area contributed by atoms with Crippen LogP contribution in [0.25, 0.3) is 0 Å². The summed E-state index contributed by atoms with van der Waals surface area (Å²) in [5.41, 5.74) is -0.574. The molecule has 26 heavy (non-hydrogen) atoms. The molecule has 2 heterocycles. The monoisotopic (exact) mass is 357 g/mol. The highest BCUT2D eigenvalue weighted by molar-refractivity contribution is 5.76. The molecule has 3 aromatic rings. The van der Waals surface area contributed by atoms with Gasteiger partial charge >= 0.3 is 5.69 Å². The third-order valence-electron chi connectivity index (χ3n) is 3.84. The van der Waals surface area contributed by atoms with Crippen molar-refractivity contribution in [3.8, 4) is 0 Å². The van der Waals surface area contributed by atoms with E-state index < -0.39 is 29.0 Å². The standard InChI is InChI=1S/C17H16FN5O3/c1-22-9-7-19-16(22)15(11-2-4-12(18)5-3-11)20-14(25)10-23-8-6-13(24)21-17(23)26/h2-9,15H,10H2,1H3,(H,20,25)(H,21,24,26). The average molecular weight is 357 g/mol. The minimum absolute atomic E-state index is 0.280. The highest BCUT2D eigenvalue weighted by Gasteiger charge is 2.21. The molecule has 0 aliphatic carbocycles. The van der Waals surface area contributed by atoms with Gasteiger partial charge in [0.05, 0.1) is 0 Å².